The van der Waals surface area contributed by atoms with Crippen molar-refractivity contribution in [1.82, 2.24) is 4.90 Å². The number of cyclic esters (lactones) is 1. The van der Waals surface area contributed by atoms with Gasteiger partial charge in [0.25, 0.3) is 5.91 Å². The van der Waals surface area contributed by atoms with Gasteiger partial charge in [-0.25, -0.2) is 4.79 Å². The van der Waals surface area contributed by atoms with Crippen molar-refractivity contribution in [3.63, 3.8) is 0 Å². The molecule has 0 saturated carbocycles. The summed E-state index contributed by atoms with van der Waals surface area (Å²) < 4.78 is 43.4. The van der Waals surface area contributed by atoms with Crippen LogP contribution in [0.25, 0.3) is 0 Å². The zero-order chi connectivity index (χ0) is 19.9. The number of nitrogens with zero attached hydrogens (tertiary/aromatic N) is 2. The summed E-state index contributed by atoms with van der Waals surface area (Å²) in [7, 11) is 0. The maximum atomic E-state index is 12.9. The molecule has 1 fully saturated rings. The Morgan fingerprint density at radius 3 is 2.50 bits per heavy atom. The number of halogens is 3. The number of para-hydroxylation sites is 1. The lowest BCUT2D eigenvalue weighted by molar-refractivity contribution is -0.137. The van der Waals surface area contributed by atoms with Crippen molar-refractivity contribution in [3.05, 3.63) is 65.2 Å². The Balaban J connectivity index is 1.62. The second-order valence-electron chi connectivity index (χ2n) is 6.82. The summed E-state index contributed by atoms with van der Waals surface area (Å²) in [4.78, 5) is 28.3. The number of hydrogen-bond acceptors (Lipinski definition) is 3. The lowest BCUT2D eigenvalue weighted by atomic mass is 10.0. The van der Waals surface area contributed by atoms with E-state index in [1.54, 1.807) is 15.9 Å². The second kappa shape index (κ2) is 6.85. The quantitative estimate of drug-likeness (QED) is 0.737. The molecule has 0 radical (unpaired) electrons. The van der Waals surface area contributed by atoms with Crippen molar-refractivity contribution in [2.24, 2.45) is 0 Å². The molecule has 146 valence electrons. The van der Waals surface area contributed by atoms with Gasteiger partial charge in [-0.1, -0.05) is 18.2 Å². The van der Waals surface area contributed by atoms with Gasteiger partial charge in [-0.2, -0.15) is 13.2 Å². The van der Waals surface area contributed by atoms with E-state index < -0.39 is 17.8 Å². The van der Waals surface area contributed by atoms with Crippen LogP contribution < -0.4 is 4.90 Å². The van der Waals surface area contributed by atoms with Crippen molar-refractivity contribution in [2.45, 2.75) is 25.2 Å². The van der Waals surface area contributed by atoms with Gasteiger partial charge in [-0.05, 0) is 42.3 Å². The molecule has 0 spiro atoms. The van der Waals surface area contributed by atoms with E-state index in [2.05, 4.69) is 0 Å². The zero-order valence-corrected chi connectivity index (χ0v) is 14.8. The number of fused-ring (bicyclic) bond motifs is 3. The van der Waals surface area contributed by atoms with E-state index in [0.717, 1.165) is 17.7 Å². The summed E-state index contributed by atoms with van der Waals surface area (Å²) in [6.07, 6.45) is -4.33. The molecule has 8 heteroatoms. The summed E-state index contributed by atoms with van der Waals surface area (Å²) in [5, 5.41) is 0. The highest BCUT2D eigenvalue weighted by atomic mass is 19.4. The number of ether oxygens (including phenoxy) is 1. The first-order valence-corrected chi connectivity index (χ1v) is 8.85. The maximum Gasteiger partial charge on any atom is 0.416 e. The van der Waals surface area contributed by atoms with Crippen LogP contribution in [-0.2, 0) is 17.5 Å². The Kier molecular flexibility index (Phi) is 4.49. The minimum Gasteiger partial charge on any atom is -0.447 e. The normalized spacial score (nSPS) is 19.4. The standard InChI is InChI=1S/C20H17F3N2O3/c21-20(22,23)15-7-5-13(6-8-15)18(26)24-10-9-16-12-28-19(27)25(16)17-4-2-1-3-14(17)11-24/h1-8,16H,9-12H2/t16-/m0/s1. The van der Waals surface area contributed by atoms with E-state index in [1.807, 2.05) is 18.2 Å². The van der Waals surface area contributed by atoms with Crippen LogP contribution in [0.1, 0.15) is 27.9 Å². The molecule has 1 saturated heterocycles. The van der Waals surface area contributed by atoms with E-state index in [0.29, 0.717) is 18.7 Å². The third-order valence-corrected chi connectivity index (χ3v) is 5.05. The molecule has 0 bridgehead atoms. The maximum absolute atomic E-state index is 12.9. The van der Waals surface area contributed by atoms with Crippen LogP contribution in [-0.4, -0.2) is 36.1 Å². The van der Waals surface area contributed by atoms with Gasteiger partial charge >= 0.3 is 12.3 Å². The number of alkyl halides is 3. The van der Waals surface area contributed by atoms with E-state index in [9.17, 15) is 22.8 Å². The van der Waals surface area contributed by atoms with E-state index in [4.69, 9.17) is 4.74 Å². The number of benzene rings is 2. The minimum absolute atomic E-state index is 0.183. The van der Waals surface area contributed by atoms with Gasteiger partial charge in [0.05, 0.1) is 17.3 Å². The number of carbonyl (C=O) groups is 2. The Hall–Kier alpha value is -3.03. The summed E-state index contributed by atoms with van der Waals surface area (Å²) in [5.74, 6) is -0.345. The topological polar surface area (TPSA) is 49.9 Å². The highest BCUT2D eigenvalue weighted by Crippen LogP contribution is 2.32. The Labute approximate surface area is 159 Å². The lowest BCUT2D eigenvalue weighted by Gasteiger charge is -2.32. The first-order valence-electron chi connectivity index (χ1n) is 8.85. The molecule has 2 aliphatic rings. The molecule has 2 amide bonds. The van der Waals surface area contributed by atoms with Crippen molar-refractivity contribution in [2.75, 3.05) is 18.1 Å². The van der Waals surface area contributed by atoms with Crippen molar-refractivity contribution in [1.29, 1.82) is 0 Å². The van der Waals surface area contributed by atoms with Crippen LogP contribution in [0.15, 0.2) is 48.5 Å². The lowest BCUT2D eigenvalue weighted by Crippen LogP contribution is -2.42. The molecular weight excluding hydrogens is 373 g/mol. The van der Waals surface area contributed by atoms with E-state index in [-0.39, 0.29) is 30.7 Å². The Morgan fingerprint density at radius 2 is 1.79 bits per heavy atom. The van der Waals surface area contributed by atoms with Crippen molar-refractivity contribution < 1.29 is 27.5 Å². The predicted octanol–water partition coefficient (Wildman–Crippen LogP) is 4.08. The molecule has 0 aromatic heterocycles. The average molecular weight is 390 g/mol. The van der Waals surface area contributed by atoms with Crippen LogP contribution in [0.5, 0.6) is 0 Å². The number of hydrogen-bond donors (Lipinski definition) is 0. The molecule has 5 nitrogen and oxygen atoms in total. The molecule has 1 atom stereocenters. The Bertz CT molecular complexity index is 912. The third kappa shape index (κ3) is 3.30. The monoisotopic (exact) mass is 390 g/mol. The molecule has 0 unspecified atom stereocenters. The highest BCUT2D eigenvalue weighted by Gasteiger charge is 2.37. The predicted molar refractivity (Wildman–Crippen MR) is 94.9 cm³/mol. The van der Waals surface area contributed by atoms with Gasteiger partial charge in [0.2, 0.25) is 0 Å². The van der Waals surface area contributed by atoms with Gasteiger partial charge in [0, 0.05) is 18.7 Å². The molecule has 2 heterocycles. The molecule has 0 aliphatic carbocycles. The SMILES string of the molecule is O=C(c1ccc(C(F)(F)F)cc1)N1CC[C@H]2COC(=O)N2c2ccccc2C1. The van der Waals surface area contributed by atoms with Gasteiger partial charge in [-0.3, -0.25) is 9.69 Å². The van der Waals surface area contributed by atoms with E-state index in [1.165, 1.54) is 12.1 Å². The molecule has 28 heavy (non-hydrogen) atoms. The molecular formula is C20H17F3N2O3. The number of amides is 2. The fourth-order valence-electron chi connectivity index (χ4n) is 3.59. The number of carbonyl (C=O) groups excluding carboxylic acids is 2. The van der Waals surface area contributed by atoms with E-state index >= 15 is 0 Å². The molecule has 2 aromatic rings. The van der Waals surface area contributed by atoms with Gasteiger partial charge in [0.15, 0.2) is 0 Å². The Morgan fingerprint density at radius 1 is 1.07 bits per heavy atom. The molecule has 4 rings (SSSR count). The summed E-state index contributed by atoms with van der Waals surface area (Å²) in [6.45, 7) is 0.869. The fourth-order valence-corrected chi connectivity index (χ4v) is 3.59. The van der Waals surface area contributed by atoms with Gasteiger partial charge in [0.1, 0.15) is 6.61 Å². The largest absolute Gasteiger partial charge is 0.447 e. The molecule has 2 aromatic carbocycles. The minimum atomic E-state index is -4.44. The van der Waals surface area contributed by atoms with Crippen LogP contribution in [0.4, 0.5) is 23.7 Å². The number of anilines is 1. The van der Waals surface area contributed by atoms with Gasteiger partial charge in [-0.15, -0.1) is 0 Å². The first kappa shape index (κ1) is 18.3. The second-order valence-corrected chi connectivity index (χ2v) is 6.82. The summed E-state index contributed by atoms with van der Waals surface area (Å²) >= 11 is 0. The number of rotatable bonds is 1. The summed E-state index contributed by atoms with van der Waals surface area (Å²) in [6, 6.07) is 11.3. The third-order valence-electron chi connectivity index (χ3n) is 5.05. The van der Waals surface area contributed by atoms with Crippen molar-refractivity contribution in [3.8, 4) is 0 Å². The molecule has 0 N–H and O–H groups in total. The zero-order valence-electron chi connectivity index (χ0n) is 14.8. The van der Waals surface area contributed by atoms with Crippen LogP contribution in [0, 0.1) is 0 Å². The van der Waals surface area contributed by atoms with Crippen LogP contribution in [0.3, 0.4) is 0 Å². The average Bonchev–Trinajstić information content (AvgIpc) is 3.02. The fraction of sp³-hybridized carbons (Fsp3) is 0.300. The summed E-state index contributed by atoms with van der Waals surface area (Å²) in [5.41, 5.74) is 0.882. The van der Waals surface area contributed by atoms with Crippen molar-refractivity contribution >= 4 is 17.7 Å². The van der Waals surface area contributed by atoms with Crippen LogP contribution >= 0.6 is 0 Å². The first-order chi connectivity index (χ1) is 13.3. The smallest absolute Gasteiger partial charge is 0.416 e. The van der Waals surface area contributed by atoms with Crippen LogP contribution in [0.2, 0.25) is 0 Å². The highest BCUT2D eigenvalue weighted by molar-refractivity contribution is 5.95. The van der Waals surface area contributed by atoms with Gasteiger partial charge < -0.3 is 9.64 Å². The molecule has 2 aliphatic heterocycles.